The summed E-state index contributed by atoms with van der Waals surface area (Å²) in [7, 11) is 0. The number of hydrogen-bond acceptors (Lipinski definition) is 4. The largest absolute Gasteiger partial charge is 0.469 e. The lowest BCUT2D eigenvalue weighted by atomic mass is 10.3. The molecule has 0 fully saturated rings. The van der Waals surface area contributed by atoms with E-state index in [2.05, 4.69) is 5.32 Å². The zero-order chi connectivity index (χ0) is 10.2. The Morgan fingerprint density at radius 2 is 2.43 bits per heavy atom. The summed E-state index contributed by atoms with van der Waals surface area (Å²) in [6.07, 6.45) is 4.09. The van der Waals surface area contributed by atoms with Crippen LogP contribution in [-0.4, -0.2) is 19.2 Å². The van der Waals surface area contributed by atoms with E-state index in [1.165, 1.54) is 12.5 Å². The van der Waals surface area contributed by atoms with E-state index in [0.717, 1.165) is 12.8 Å². The first kappa shape index (κ1) is 10.6. The van der Waals surface area contributed by atoms with Gasteiger partial charge in [-0.15, -0.1) is 0 Å². The van der Waals surface area contributed by atoms with Crippen LogP contribution >= 0.6 is 0 Å². The van der Waals surface area contributed by atoms with Crippen LogP contribution in [0.3, 0.4) is 0 Å². The van der Waals surface area contributed by atoms with E-state index in [9.17, 15) is 4.79 Å². The predicted molar refractivity (Wildman–Crippen MR) is 51.0 cm³/mol. The van der Waals surface area contributed by atoms with Gasteiger partial charge < -0.3 is 20.2 Å². The average molecular weight is 198 g/mol. The van der Waals surface area contributed by atoms with Gasteiger partial charge in [0.15, 0.2) is 5.75 Å². The zero-order valence-corrected chi connectivity index (χ0v) is 7.86. The number of unbranched alkanes of at least 4 members (excludes halogenated alkanes) is 1. The van der Waals surface area contributed by atoms with Crippen molar-refractivity contribution in [3.8, 4) is 5.75 Å². The molecule has 0 aliphatic rings. The van der Waals surface area contributed by atoms with Gasteiger partial charge in [0.2, 0.25) is 0 Å². The third-order valence-corrected chi connectivity index (χ3v) is 1.61. The molecule has 1 aromatic heterocycles. The summed E-state index contributed by atoms with van der Waals surface area (Å²) >= 11 is 0. The minimum atomic E-state index is -0.469. The lowest BCUT2D eigenvalue weighted by Gasteiger charge is -2.03. The molecule has 0 unspecified atom stereocenters. The molecule has 1 aromatic rings. The molecule has 0 radical (unpaired) electrons. The Hall–Kier alpha value is -1.49. The van der Waals surface area contributed by atoms with E-state index in [1.54, 1.807) is 6.07 Å². The normalized spacial score (nSPS) is 9.79. The number of amides is 1. The van der Waals surface area contributed by atoms with Crippen LogP contribution in [0.1, 0.15) is 12.8 Å². The molecule has 0 saturated carbocycles. The van der Waals surface area contributed by atoms with Crippen LogP contribution in [0.4, 0.5) is 4.79 Å². The average Bonchev–Trinajstić information content (AvgIpc) is 2.65. The van der Waals surface area contributed by atoms with Crippen molar-refractivity contribution >= 4 is 6.09 Å². The number of nitrogens with two attached hydrogens (primary N) is 1. The van der Waals surface area contributed by atoms with Gasteiger partial charge in [0.25, 0.3) is 0 Å². The smallest absolute Gasteiger partial charge is 0.412 e. The number of rotatable bonds is 5. The van der Waals surface area contributed by atoms with Crippen molar-refractivity contribution in [2.75, 3.05) is 13.1 Å². The highest BCUT2D eigenvalue weighted by Crippen LogP contribution is 2.09. The zero-order valence-electron chi connectivity index (χ0n) is 7.86. The number of nitrogens with one attached hydrogen (secondary N) is 1. The van der Waals surface area contributed by atoms with Crippen LogP contribution in [0.15, 0.2) is 23.0 Å². The molecule has 0 spiro atoms. The minimum Gasteiger partial charge on any atom is -0.469 e. The molecule has 78 valence electrons. The maximum absolute atomic E-state index is 11.1. The van der Waals surface area contributed by atoms with Gasteiger partial charge in [-0.3, -0.25) is 0 Å². The van der Waals surface area contributed by atoms with Gasteiger partial charge in [0, 0.05) is 12.6 Å². The highest BCUT2D eigenvalue weighted by molar-refractivity contribution is 5.69. The monoisotopic (exact) mass is 198 g/mol. The summed E-state index contributed by atoms with van der Waals surface area (Å²) < 4.78 is 9.60. The summed E-state index contributed by atoms with van der Waals surface area (Å²) in [6, 6.07) is 1.57. The van der Waals surface area contributed by atoms with E-state index >= 15 is 0 Å². The molecule has 0 aliphatic carbocycles. The predicted octanol–water partition coefficient (Wildman–Crippen LogP) is 1.11. The maximum atomic E-state index is 11.1. The fourth-order valence-corrected chi connectivity index (χ4v) is 0.913. The summed E-state index contributed by atoms with van der Waals surface area (Å²) in [5, 5.41) is 2.60. The van der Waals surface area contributed by atoms with Crippen LogP contribution in [0, 0.1) is 0 Å². The van der Waals surface area contributed by atoms with Crippen molar-refractivity contribution in [3.63, 3.8) is 0 Å². The Morgan fingerprint density at radius 1 is 1.57 bits per heavy atom. The Kier molecular flexibility index (Phi) is 4.57. The Bertz CT molecular complexity index is 259. The minimum absolute atomic E-state index is 0.404. The van der Waals surface area contributed by atoms with Crippen molar-refractivity contribution in [1.82, 2.24) is 5.32 Å². The van der Waals surface area contributed by atoms with Gasteiger partial charge in [-0.1, -0.05) is 0 Å². The lowest BCUT2D eigenvalue weighted by molar-refractivity contribution is 0.200. The standard InChI is InChI=1S/C9H14N2O3/c10-4-1-2-5-11-9(12)14-8-3-6-13-7-8/h3,6-7H,1-2,4-5,10H2,(H,11,12). The molecule has 5 nitrogen and oxygen atoms in total. The van der Waals surface area contributed by atoms with Gasteiger partial charge >= 0.3 is 6.09 Å². The molecular formula is C9H14N2O3. The molecule has 0 saturated heterocycles. The summed E-state index contributed by atoms with van der Waals surface area (Å²) in [5.74, 6) is 0.404. The van der Waals surface area contributed by atoms with Gasteiger partial charge in [-0.2, -0.15) is 0 Å². The number of ether oxygens (including phenoxy) is 1. The van der Waals surface area contributed by atoms with E-state index in [0.29, 0.717) is 18.8 Å². The van der Waals surface area contributed by atoms with Crippen molar-refractivity contribution in [2.45, 2.75) is 12.8 Å². The van der Waals surface area contributed by atoms with Crippen LogP contribution in [0.25, 0.3) is 0 Å². The molecule has 0 atom stereocenters. The van der Waals surface area contributed by atoms with Gasteiger partial charge in [-0.25, -0.2) is 4.79 Å². The quantitative estimate of drug-likeness (QED) is 0.694. The molecule has 0 aromatic carbocycles. The number of carbonyl (C=O) groups excluding carboxylic acids is 1. The van der Waals surface area contributed by atoms with Crippen molar-refractivity contribution in [3.05, 3.63) is 18.6 Å². The number of hydrogen-bond donors (Lipinski definition) is 2. The van der Waals surface area contributed by atoms with E-state index in [1.807, 2.05) is 0 Å². The van der Waals surface area contributed by atoms with E-state index in [4.69, 9.17) is 14.9 Å². The topological polar surface area (TPSA) is 77.5 Å². The second-order valence-corrected chi connectivity index (χ2v) is 2.77. The van der Waals surface area contributed by atoms with Gasteiger partial charge in [0.05, 0.1) is 6.26 Å². The molecule has 5 heteroatoms. The van der Waals surface area contributed by atoms with E-state index in [-0.39, 0.29) is 0 Å². The third kappa shape index (κ3) is 3.95. The Balaban J connectivity index is 2.11. The first-order valence-corrected chi connectivity index (χ1v) is 4.51. The SMILES string of the molecule is NCCCCNC(=O)Oc1ccoc1. The highest BCUT2D eigenvalue weighted by atomic mass is 16.6. The van der Waals surface area contributed by atoms with Gasteiger partial charge in [0.1, 0.15) is 6.26 Å². The molecule has 3 N–H and O–H groups in total. The first-order chi connectivity index (χ1) is 6.83. The van der Waals surface area contributed by atoms with Crippen LogP contribution in [0.5, 0.6) is 5.75 Å². The van der Waals surface area contributed by atoms with Crippen LogP contribution in [0.2, 0.25) is 0 Å². The van der Waals surface area contributed by atoms with Crippen molar-refractivity contribution in [2.24, 2.45) is 5.73 Å². The number of furan rings is 1. The van der Waals surface area contributed by atoms with Crippen LogP contribution < -0.4 is 15.8 Å². The maximum Gasteiger partial charge on any atom is 0.412 e. The molecule has 0 aliphatic heterocycles. The fourth-order valence-electron chi connectivity index (χ4n) is 0.913. The third-order valence-electron chi connectivity index (χ3n) is 1.61. The van der Waals surface area contributed by atoms with Crippen LogP contribution in [-0.2, 0) is 0 Å². The summed E-state index contributed by atoms with van der Waals surface area (Å²) in [6.45, 7) is 1.21. The number of carbonyl (C=O) groups is 1. The van der Waals surface area contributed by atoms with Crippen molar-refractivity contribution < 1.29 is 13.9 Å². The Labute approximate surface area is 82.2 Å². The fraction of sp³-hybridized carbons (Fsp3) is 0.444. The van der Waals surface area contributed by atoms with E-state index < -0.39 is 6.09 Å². The Morgan fingerprint density at radius 3 is 3.07 bits per heavy atom. The molecular weight excluding hydrogens is 184 g/mol. The molecule has 0 bridgehead atoms. The lowest BCUT2D eigenvalue weighted by Crippen LogP contribution is -2.27. The molecule has 1 rings (SSSR count). The molecule has 14 heavy (non-hydrogen) atoms. The van der Waals surface area contributed by atoms with Crippen molar-refractivity contribution in [1.29, 1.82) is 0 Å². The second kappa shape index (κ2) is 6.04. The van der Waals surface area contributed by atoms with Gasteiger partial charge in [-0.05, 0) is 19.4 Å². The first-order valence-electron chi connectivity index (χ1n) is 4.51. The molecule has 1 heterocycles. The molecule has 1 amide bonds. The summed E-state index contributed by atoms with van der Waals surface area (Å²) in [4.78, 5) is 11.1. The summed E-state index contributed by atoms with van der Waals surface area (Å²) in [5.41, 5.74) is 5.30. The highest BCUT2D eigenvalue weighted by Gasteiger charge is 2.03. The second-order valence-electron chi connectivity index (χ2n) is 2.77.